The van der Waals surface area contributed by atoms with Gasteiger partial charge >= 0.3 is 0 Å². The van der Waals surface area contributed by atoms with Gasteiger partial charge in [-0.25, -0.2) is 0 Å². The number of aryl methyl sites for hydroxylation is 1. The van der Waals surface area contributed by atoms with Gasteiger partial charge in [-0.15, -0.1) is 23.7 Å². The minimum Gasteiger partial charge on any atom is -0.327 e. The zero-order valence-corrected chi connectivity index (χ0v) is 10.4. The molecule has 0 fully saturated rings. The topological polar surface area (TPSA) is 26.0 Å². The average molecular weight is 233 g/mol. The van der Waals surface area contributed by atoms with Crippen LogP contribution in [0.4, 0.5) is 0 Å². The van der Waals surface area contributed by atoms with E-state index in [0.29, 0.717) is 12.0 Å². The van der Waals surface area contributed by atoms with Gasteiger partial charge in [-0.05, 0) is 49.1 Å². The summed E-state index contributed by atoms with van der Waals surface area (Å²) < 4.78 is 0. The summed E-state index contributed by atoms with van der Waals surface area (Å²) in [5.74, 6) is 3.26. The lowest BCUT2D eigenvalue weighted by Gasteiger charge is -2.28. The van der Waals surface area contributed by atoms with Crippen LogP contribution in [0.2, 0.25) is 0 Å². The molecule has 0 saturated heterocycles. The van der Waals surface area contributed by atoms with Crippen molar-refractivity contribution in [3.8, 4) is 12.3 Å². The molecule has 2 heteroatoms. The fraction of sp³-hybridized carbons (Fsp3) is 0.571. The molecule has 1 heterocycles. The van der Waals surface area contributed by atoms with Crippen molar-refractivity contribution in [1.29, 1.82) is 0 Å². The second-order valence-corrected chi connectivity index (χ2v) is 5.56. The highest BCUT2D eigenvalue weighted by atomic mass is 32.1. The molecule has 1 nitrogen and oxygen atoms in total. The first kappa shape index (κ1) is 11.7. The molecule has 2 N–H and O–H groups in total. The van der Waals surface area contributed by atoms with E-state index < -0.39 is 0 Å². The lowest BCUT2D eigenvalue weighted by Crippen LogP contribution is -2.30. The average Bonchev–Trinajstić information content (AvgIpc) is 2.76. The molecule has 1 aliphatic rings. The van der Waals surface area contributed by atoms with E-state index in [4.69, 9.17) is 12.2 Å². The highest BCUT2D eigenvalue weighted by molar-refractivity contribution is 7.10. The summed E-state index contributed by atoms with van der Waals surface area (Å²) in [5, 5.41) is 2.21. The van der Waals surface area contributed by atoms with Gasteiger partial charge < -0.3 is 5.73 Å². The van der Waals surface area contributed by atoms with Crippen molar-refractivity contribution >= 4 is 11.3 Å². The summed E-state index contributed by atoms with van der Waals surface area (Å²) >= 11 is 1.89. The van der Waals surface area contributed by atoms with Gasteiger partial charge in [0.25, 0.3) is 0 Å². The maximum Gasteiger partial charge on any atom is 0.0109 e. The summed E-state index contributed by atoms with van der Waals surface area (Å²) in [4.78, 5) is 1.56. The number of nitrogens with two attached hydrogens (primary N) is 1. The van der Waals surface area contributed by atoms with E-state index in [-0.39, 0.29) is 0 Å². The predicted molar refractivity (Wildman–Crippen MR) is 70.7 cm³/mol. The third kappa shape index (κ3) is 2.48. The summed E-state index contributed by atoms with van der Waals surface area (Å²) in [6.07, 6.45) is 12.0. The van der Waals surface area contributed by atoms with Crippen LogP contribution in [0.15, 0.2) is 11.4 Å². The fourth-order valence-corrected chi connectivity index (χ4v) is 3.60. The highest BCUT2D eigenvalue weighted by Crippen LogP contribution is 2.37. The molecule has 1 aliphatic carbocycles. The maximum atomic E-state index is 6.30. The van der Waals surface area contributed by atoms with Crippen molar-refractivity contribution in [1.82, 2.24) is 0 Å². The molecular weight excluding hydrogens is 214 g/mol. The molecular formula is C14H19NS. The normalized spacial score (nSPS) is 21.1. The van der Waals surface area contributed by atoms with E-state index in [1.807, 2.05) is 11.3 Å². The second-order valence-electron chi connectivity index (χ2n) is 4.56. The van der Waals surface area contributed by atoms with E-state index in [2.05, 4.69) is 17.4 Å². The third-order valence-electron chi connectivity index (χ3n) is 3.47. The van der Waals surface area contributed by atoms with E-state index in [9.17, 15) is 0 Å². The van der Waals surface area contributed by atoms with E-state index in [1.165, 1.54) is 24.8 Å². The van der Waals surface area contributed by atoms with E-state index in [0.717, 1.165) is 19.3 Å². The fourth-order valence-electron chi connectivity index (χ4n) is 2.61. The number of unbranched alkanes of at least 4 members (excludes halogenated alkanes) is 1. The van der Waals surface area contributed by atoms with Crippen LogP contribution in [0.25, 0.3) is 0 Å². The van der Waals surface area contributed by atoms with Crippen LogP contribution in [0.5, 0.6) is 0 Å². The van der Waals surface area contributed by atoms with Crippen LogP contribution in [0.1, 0.15) is 48.5 Å². The van der Waals surface area contributed by atoms with Gasteiger partial charge in [-0.1, -0.05) is 0 Å². The Balaban J connectivity index is 1.98. The Morgan fingerprint density at radius 2 is 2.50 bits per heavy atom. The number of fused-ring (bicyclic) bond motifs is 1. The second kappa shape index (κ2) is 5.52. The first-order valence-corrected chi connectivity index (χ1v) is 6.96. The lowest BCUT2D eigenvalue weighted by atomic mass is 9.81. The van der Waals surface area contributed by atoms with Crippen molar-refractivity contribution in [2.45, 2.75) is 50.5 Å². The van der Waals surface area contributed by atoms with Gasteiger partial charge in [0.2, 0.25) is 0 Å². The van der Waals surface area contributed by atoms with Crippen molar-refractivity contribution in [3.63, 3.8) is 0 Å². The Morgan fingerprint density at radius 1 is 1.62 bits per heavy atom. The van der Waals surface area contributed by atoms with Crippen LogP contribution in [-0.4, -0.2) is 6.04 Å². The lowest BCUT2D eigenvalue weighted by molar-refractivity contribution is 0.438. The van der Waals surface area contributed by atoms with Crippen LogP contribution >= 0.6 is 11.3 Å². The van der Waals surface area contributed by atoms with E-state index >= 15 is 0 Å². The van der Waals surface area contributed by atoms with Gasteiger partial charge in [0.15, 0.2) is 0 Å². The highest BCUT2D eigenvalue weighted by Gasteiger charge is 2.25. The molecule has 0 radical (unpaired) electrons. The minimum absolute atomic E-state index is 0.294. The molecule has 86 valence electrons. The molecule has 2 unspecified atom stereocenters. The molecule has 16 heavy (non-hydrogen) atoms. The SMILES string of the molecule is C#CCCCC(N)C1CCCc2sccc21. The van der Waals surface area contributed by atoms with E-state index in [1.54, 1.807) is 4.88 Å². The number of thiophene rings is 1. The Kier molecular flexibility index (Phi) is 4.04. The summed E-state index contributed by atoms with van der Waals surface area (Å²) in [6.45, 7) is 0. The van der Waals surface area contributed by atoms with Gasteiger partial charge in [-0.3, -0.25) is 0 Å². The molecule has 0 saturated carbocycles. The number of rotatable bonds is 4. The maximum absolute atomic E-state index is 6.30. The van der Waals surface area contributed by atoms with Crippen LogP contribution in [-0.2, 0) is 6.42 Å². The summed E-state index contributed by atoms with van der Waals surface area (Å²) in [6, 6.07) is 2.56. The quantitative estimate of drug-likeness (QED) is 0.626. The van der Waals surface area contributed by atoms with Crippen molar-refractivity contribution in [2.75, 3.05) is 0 Å². The number of hydrogen-bond acceptors (Lipinski definition) is 2. The molecule has 2 atom stereocenters. The largest absolute Gasteiger partial charge is 0.327 e. The molecule has 1 aromatic heterocycles. The van der Waals surface area contributed by atoms with Crippen molar-refractivity contribution in [2.24, 2.45) is 5.73 Å². The smallest absolute Gasteiger partial charge is 0.0109 e. The minimum atomic E-state index is 0.294. The first-order chi connectivity index (χ1) is 7.83. The molecule has 0 amide bonds. The third-order valence-corrected chi connectivity index (χ3v) is 4.47. The van der Waals surface area contributed by atoms with Crippen LogP contribution in [0.3, 0.4) is 0 Å². The van der Waals surface area contributed by atoms with Gasteiger partial charge in [-0.2, -0.15) is 0 Å². The standard InChI is InChI=1S/C14H19NS/c1-2-3-4-7-13(15)11-6-5-8-14-12(11)9-10-16-14/h1,9-11,13H,3-8,15H2. The Labute approximate surface area is 102 Å². The Bertz CT molecular complexity index is 374. The van der Waals surface area contributed by atoms with Crippen LogP contribution < -0.4 is 5.73 Å². The predicted octanol–water partition coefficient (Wildman–Crippen LogP) is 3.30. The van der Waals surface area contributed by atoms with Gasteiger partial charge in [0.05, 0.1) is 0 Å². The Morgan fingerprint density at radius 3 is 3.31 bits per heavy atom. The summed E-state index contributed by atoms with van der Waals surface area (Å²) in [7, 11) is 0. The summed E-state index contributed by atoms with van der Waals surface area (Å²) in [5.41, 5.74) is 7.82. The molecule has 0 aliphatic heterocycles. The zero-order valence-electron chi connectivity index (χ0n) is 9.61. The molecule has 2 rings (SSSR count). The van der Waals surface area contributed by atoms with Gasteiger partial charge in [0.1, 0.15) is 0 Å². The van der Waals surface area contributed by atoms with Gasteiger partial charge in [0, 0.05) is 23.3 Å². The Hall–Kier alpha value is -0.780. The molecule has 0 aromatic carbocycles. The van der Waals surface area contributed by atoms with Crippen molar-refractivity contribution < 1.29 is 0 Å². The monoisotopic (exact) mass is 233 g/mol. The molecule has 0 spiro atoms. The number of hydrogen-bond donors (Lipinski definition) is 1. The molecule has 1 aromatic rings. The first-order valence-electron chi connectivity index (χ1n) is 6.08. The number of terminal acetylenes is 1. The zero-order chi connectivity index (χ0) is 11.4. The van der Waals surface area contributed by atoms with Crippen LogP contribution in [0, 0.1) is 12.3 Å². The molecule has 0 bridgehead atoms. The van der Waals surface area contributed by atoms with Crippen molar-refractivity contribution in [3.05, 3.63) is 21.9 Å².